The van der Waals surface area contributed by atoms with Gasteiger partial charge >= 0.3 is 6.09 Å². The Bertz CT molecular complexity index is 1070. The van der Waals surface area contributed by atoms with Crippen molar-refractivity contribution in [2.75, 3.05) is 0 Å². The third kappa shape index (κ3) is 8.61. The first kappa shape index (κ1) is 29.2. The average Bonchev–Trinajstić information content (AvgIpc) is 3.67. The Labute approximate surface area is 227 Å². The molecular weight excluding hydrogens is 478 g/mol. The van der Waals surface area contributed by atoms with Gasteiger partial charge < -0.3 is 20.3 Å². The average molecular weight is 522 g/mol. The highest BCUT2D eigenvalue weighted by atomic mass is 16.6. The van der Waals surface area contributed by atoms with Crippen molar-refractivity contribution in [1.82, 2.24) is 15.5 Å². The minimum absolute atomic E-state index is 0.0170. The molecule has 3 unspecified atom stereocenters. The Morgan fingerprint density at radius 2 is 1.63 bits per heavy atom. The van der Waals surface area contributed by atoms with Crippen LogP contribution in [0.2, 0.25) is 0 Å². The van der Waals surface area contributed by atoms with E-state index >= 15 is 0 Å². The summed E-state index contributed by atoms with van der Waals surface area (Å²) >= 11 is 0. The lowest BCUT2D eigenvalue weighted by atomic mass is 9.99. The number of ether oxygens (including phenoxy) is 1. The Kier molecular flexibility index (Phi) is 9.95. The van der Waals surface area contributed by atoms with Crippen LogP contribution in [0.3, 0.4) is 0 Å². The van der Waals surface area contributed by atoms with Crippen molar-refractivity contribution in [3.05, 3.63) is 71.3 Å². The van der Waals surface area contributed by atoms with E-state index < -0.39 is 23.8 Å². The van der Waals surface area contributed by atoms with Crippen molar-refractivity contribution in [3.8, 4) is 0 Å². The van der Waals surface area contributed by atoms with E-state index in [-0.39, 0.29) is 30.3 Å². The van der Waals surface area contributed by atoms with Crippen molar-refractivity contribution in [2.24, 2.45) is 0 Å². The zero-order chi connectivity index (χ0) is 27.9. The van der Waals surface area contributed by atoms with Gasteiger partial charge in [0.25, 0.3) is 0 Å². The maximum absolute atomic E-state index is 14.3. The molecule has 1 fully saturated rings. The lowest BCUT2D eigenvalue weighted by molar-refractivity contribution is -0.143. The van der Waals surface area contributed by atoms with E-state index in [2.05, 4.69) is 17.6 Å². The predicted molar refractivity (Wildman–Crippen MR) is 150 cm³/mol. The highest BCUT2D eigenvalue weighted by molar-refractivity contribution is 5.92. The monoisotopic (exact) mass is 521 g/mol. The SMILES string of the molecule is CCCC(C)NC(=O)C(c1ccc(C)cc1)N(C(=O)C(Cc1ccccc1)NC(=O)OC(C)(C)C)C1CC1. The normalized spacial score (nSPS) is 15.6. The second kappa shape index (κ2) is 12.9. The van der Waals surface area contributed by atoms with Crippen LogP contribution in [0.5, 0.6) is 0 Å². The largest absolute Gasteiger partial charge is 0.444 e. The fraction of sp³-hybridized carbons (Fsp3) is 0.516. The van der Waals surface area contributed by atoms with E-state index in [1.165, 1.54) is 0 Å². The third-order valence-electron chi connectivity index (χ3n) is 6.50. The Hall–Kier alpha value is -3.35. The third-order valence-corrected chi connectivity index (χ3v) is 6.50. The minimum Gasteiger partial charge on any atom is -0.444 e. The molecule has 0 spiro atoms. The topological polar surface area (TPSA) is 87.7 Å². The van der Waals surface area contributed by atoms with E-state index in [1.807, 2.05) is 68.4 Å². The first-order valence-electron chi connectivity index (χ1n) is 13.7. The number of nitrogens with one attached hydrogen (secondary N) is 2. The molecule has 0 aliphatic heterocycles. The first-order chi connectivity index (χ1) is 18.0. The quantitative estimate of drug-likeness (QED) is 0.411. The maximum atomic E-state index is 14.3. The molecule has 0 saturated heterocycles. The standard InChI is InChI=1S/C31H43N3O4/c1-7-11-22(3)32-28(35)27(24-16-14-21(2)15-17-24)34(25-18-19-25)29(36)26(20-23-12-9-8-10-13-23)33-30(37)38-31(4,5)6/h8-10,12-17,22,25-27H,7,11,18-20H2,1-6H3,(H,32,35)(H,33,37). The summed E-state index contributed by atoms with van der Waals surface area (Å²) in [6.45, 7) is 11.4. The number of nitrogens with zero attached hydrogens (tertiary/aromatic N) is 1. The van der Waals surface area contributed by atoms with Crippen molar-refractivity contribution in [2.45, 2.75) is 103 Å². The summed E-state index contributed by atoms with van der Waals surface area (Å²) in [7, 11) is 0. The Morgan fingerprint density at radius 3 is 2.18 bits per heavy atom. The number of aryl methyl sites for hydroxylation is 1. The van der Waals surface area contributed by atoms with Gasteiger partial charge in [0.05, 0.1) is 0 Å². The van der Waals surface area contributed by atoms with Crippen molar-refractivity contribution in [3.63, 3.8) is 0 Å². The molecule has 3 amide bonds. The van der Waals surface area contributed by atoms with Crippen LogP contribution in [-0.4, -0.2) is 46.5 Å². The molecule has 2 aromatic rings. The summed E-state index contributed by atoms with van der Waals surface area (Å²) < 4.78 is 5.50. The smallest absolute Gasteiger partial charge is 0.408 e. The predicted octanol–water partition coefficient (Wildman–Crippen LogP) is 5.47. The zero-order valence-corrected chi connectivity index (χ0v) is 23.6. The number of carbonyl (C=O) groups excluding carboxylic acids is 3. The summed E-state index contributed by atoms with van der Waals surface area (Å²) in [5, 5.41) is 5.94. The zero-order valence-electron chi connectivity index (χ0n) is 23.6. The number of benzene rings is 2. The van der Waals surface area contributed by atoms with Crippen LogP contribution < -0.4 is 10.6 Å². The number of alkyl carbamates (subject to hydrolysis) is 1. The van der Waals surface area contributed by atoms with Crippen LogP contribution in [0.15, 0.2) is 54.6 Å². The molecule has 2 N–H and O–H groups in total. The molecule has 0 aromatic heterocycles. The van der Waals surface area contributed by atoms with Gasteiger partial charge in [-0.05, 0) is 65.0 Å². The molecule has 7 nitrogen and oxygen atoms in total. The van der Waals surface area contributed by atoms with E-state index in [0.717, 1.165) is 42.4 Å². The number of carbonyl (C=O) groups is 3. The molecule has 0 bridgehead atoms. The Morgan fingerprint density at radius 1 is 1.00 bits per heavy atom. The lowest BCUT2D eigenvalue weighted by Gasteiger charge is -2.35. The van der Waals surface area contributed by atoms with Gasteiger partial charge in [-0.1, -0.05) is 73.5 Å². The molecule has 38 heavy (non-hydrogen) atoms. The number of rotatable bonds is 11. The van der Waals surface area contributed by atoms with E-state index in [1.54, 1.807) is 25.7 Å². The fourth-order valence-electron chi connectivity index (χ4n) is 4.56. The van der Waals surface area contributed by atoms with Gasteiger partial charge in [-0.3, -0.25) is 9.59 Å². The maximum Gasteiger partial charge on any atom is 0.408 e. The Balaban J connectivity index is 1.98. The summed E-state index contributed by atoms with van der Waals surface area (Å²) in [6, 6.07) is 15.5. The van der Waals surface area contributed by atoms with Crippen LogP contribution in [0.25, 0.3) is 0 Å². The molecular formula is C31H43N3O4. The number of amides is 3. The highest BCUT2D eigenvalue weighted by Gasteiger charge is 2.44. The molecule has 1 aliphatic carbocycles. The van der Waals surface area contributed by atoms with Gasteiger partial charge in [0.15, 0.2) is 0 Å². The summed E-state index contributed by atoms with van der Waals surface area (Å²) in [4.78, 5) is 42.6. The second-order valence-corrected chi connectivity index (χ2v) is 11.4. The summed E-state index contributed by atoms with van der Waals surface area (Å²) in [6.07, 6.45) is 3.06. The van der Waals surface area contributed by atoms with Crippen molar-refractivity contribution in [1.29, 1.82) is 0 Å². The van der Waals surface area contributed by atoms with Gasteiger partial charge in [-0.15, -0.1) is 0 Å². The van der Waals surface area contributed by atoms with Crippen LogP contribution in [0.1, 0.15) is 83.0 Å². The molecule has 3 atom stereocenters. The van der Waals surface area contributed by atoms with Gasteiger partial charge in [0.1, 0.15) is 17.7 Å². The van der Waals surface area contributed by atoms with Gasteiger partial charge in [-0.2, -0.15) is 0 Å². The lowest BCUT2D eigenvalue weighted by Crippen LogP contribution is -2.55. The van der Waals surface area contributed by atoms with Crippen molar-refractivity contribution >= 4 is 17.9 Å². The first-order valence-corrected chi connectivity index (χ1v) is 13.7. The van der Waals surface area contributed by atoms with E-state index in [4.69, 9.17) is 4.74 Å². The number of hydrogen-bond acceptors (Lipinski definition) is 4. The fourth-order valence-corrected chi connectivity index (χ4v) is 4.56. The van der Waals surface area contributed by atoms with E-state index in [0.29, 0.717) is 0 Å². The van der Waals surface area contributed by atoms with Crippen LogP contribution >= 0.6 is 0 Å². The minimum atomic E-state index is -0.887. The van der Waals surface area contributed by atoms with Crippen LogP contribution in [0.4, 0.5) is 4.79 Å². The number of hydrogen-bond donors (Lipinski definition) is 2. The van der Waals surface area contributed by atoms with E-state index in [9.17, 15) is 14.4 Å². The second-order valence-electron chi connectivity index (χ2n) is 11.4. The van der Waals surface area contributed by atoms with Gasteiger partial charge in [0.2, 0.25) is 11.8 Å². The molecule has 7 heteroatoms. The van der Waals surface area contributed by atoms with Gasteiger partial charge in [0, 0.05) is 18.5 Å². The summed E-state index contributed by atoms with van der Waals surface area (Å²) in [5.41, 5.74) is 2.03. The van der Waals surface area contributed by atoms with Crippen LogP contribution in [-0.2, 0) is 20.7 Å². The molecule has 1 aliphatic rings. The van der Waals surface area contributed by atoms with Crippen molar-refractivity contribution < 1.29 is 19.1 Å². The van der Waals surface area contributed by atoms with Gasteiger partial charge in [-0.25, -0.2) is 4.79 Å². The molecule has 0 radical (unpaired) electrons. The highest BCUT2D eigenvalue weighted by Crippen LogP contribution is 2.36. The molecule has 2 aromatic carbocycles. The molecule has 0 heterocycles. The molecule has 3 rings (SSSR count). The van der Waals surface area contributed by atoms with Crippen LogP contribution in [0, 0.1) is 6.92 Å². The molecule has 1 saturated carbocycles. The molecule has 206 valence electrons. The summed E-state index contributed by atoms with van der Waals surface area (Å²) in [5.74, 6) is -0.489.